The number of carbonyl (C=O) groups is 1. The number of hydrogen-bond acceptors (Lipinski definition) is 4. The molecule has 0 radical (unpaired) electrons. The first-order chi connectivity index (χ1) is 12.6. The molecule has 2 rings (SSSR count). The van der Waals surface area contributed by atoms with Gasteiger partial charge in [-0.2, -0.15) is 0 Å². The van der Waals surface area contributed by atoms with E-state index in [1.807, 2.05) is 19.1 Å². The Kier molecular flexibility index (Phi) is 8.16. The van der Waals surface area contributed by atoms with Crippen LogP contribution in [0.25, 0.3) is 0 Å². The second kappa shape index (κ2) is 10.6. The maximum Gasteiger partial charge on any atom is 0.343 e. The van der Waals surface area contributed by atoms with Crippen LogP contribution in [0.2, 0.25) is 0 Å². The number of rotatable bonds is 10. The van der Waals surface area contributed by atoms with Crippen LogP contribution in [0, 0.1) is 0 Å². The third-order valence-corrected chi connectivity index (χ3v) is 4.27. The summed E-state index contributed by atoms with van der Waals surface area (Å²) in [6, 6.07) is 14.4. The smallest absolute Gasteiger partial charge is 0.343 e. The van der Waals surface area contributed by atoms with Crippen LogP contribution in [0.3, 0.4) is 0 Å². The maximum absolute atomic E-state index is 12.2. The third kappa shape index (κ3) is 6.19. The van der Waals surface area contributed by atoms with Crippen LogP contribution < -0.4 is 9.47 Å². The van der Waals surface area contributed by atoms with Crippen molar-refractivity contribution in [1.29, 1.82) is 0 Å². The molecule has 0 aromatic heterocycles. The highest BCUT2D eigenvalue weighted by atomic mass is 16.5. The molecule has 2 aromatic rings. The summed E-state index contributed by atoms with van der Waals surface area (Å²) in [7, 11) is 1.66. The molecule has 4 heteroatoms. The van der Waals surface area contributed by atoms with Gasteiger partial charge in [-0.3, -0.25) is 0 Å². The summed E-state index contributed by atoms with van der Waals surface area (Å²) in [6.45, 7) is 4.86. The molecule has 0 saturated heterocycles. The molecule has 140 valence electrons. The van der Waals surface area contributed by atoms with Gasteiger partial charge >= 0.3 is 5.97 Å². The first-order valence-electron chi connectivity index (χ1n) is 9.21. The van der Waals surface area contributed by atoms with Gasteiger partial charge < -0.3 is 14.2 Å². The Balaban J connectivity index is 1.85. The SMILES string of the molecule is CCCCCCOc1ccc(C(=O)Oc2ccc(C(C)OC)cc2)cc1. The van der Waals surface area contributed by atoms with Crippen molar-refractivity contribution in [2.24, 2.45) is 0 Å². The van der Waals surface area contributed by atoms with Crippen LogP contribution in [0.1, 0.15) is 61.6 Å². The molecule has 0 aliphatic rings. The molecule has 0 amide bonds. The van der Waals surface area contributed by atoms with Gasteiger partial charge in [0.25, 0.3) is 0 Å². The van der Waals surface area contributed by atoms with E-state index in [0.29, 0.717) is 17.9 Å². The Morgan fingerprint density at radius 3 is 2.19 bits per heavy atom. The number of carbonyl (C=O) groups excluding carboxylic acids is 1. The number of hydrogen-bond donors (Lipinski definition) is 0. The molecule has 0 fully saturated rings. The second-order valence-corrected chi connectivity index (χ2v) is 6.27. The lowest BCUT2D eigenvalue weighted by molar-refractivity contribution is 0.0734. The first-order valence-corrected chi connectivity index (χ1v) is 9.21. The summed E-state index contributed by atoms with van der Waals surface area (Å²) in [6.07, 6.45) is 4.69. The van der Waals surface area contributed by atoms with E-state index in [1.54, 1.807) is 43.5 Å². The molecule has 4 nitrogen and oxygen atoms in total. The average molecular weight is 356 g/mol. The van der Waals surface area contributed by atoms with Crippen molar-refractivity contribution in [3.05, 3.63) is 59.7 Å². The third-order valence-electron chi connectivity index (χ3n) is 4.27. The molecule has 0 spiro atoms. The van der Waals surface area contributed by atoms with Crippen LogP contribution in [0.4, 0.5) is 0 Å². The molecule has 0 saturated carbocycles. The molecular weight excluding hydrogens is 328 g/mol. The number of benzene rings is 2. The highest BCUT2D eigenvalue weighted by molar-refractivity contribution is 5.91. The summed E-state index contributed by atoms with van der Waals surface area (Å²) in [5, 5.41) is 0. The monoisotopic (exact) mass is 356 g/mol. The molecule has 2 aromatic carbocycles. The van der Waals surface area contributed by atoms with Gasteiger partial charge in [-0.25, -0.2) is 4.79 Å². The molecule has 0 heterocycles. The molecule has 1 unspecified atom stereocenters. The summed E-state index contributed by atoms with van der Waals surface area (Å²) in [4.78, 5) is 12.2. The van der Waals surface area contributed by atoms with E-state index in [0.717, 1.165) is 17.7 Å². The van der Waals surface area contributed by atoms with E-state index in [-0.39, 0.29) is 12.1 Å². The lowest BCUT2D eigenvalue weighted by Crippen LogP contribution is -2.08. The van der Waals surface area contributed by atoms with Crippen molar-refractivity contribution >= 4 is 5.97 Å². The van der Waals surface area contributed by atoms with E-state index >= 15 is 0 Å². The highest BCUT2D eigenvalue weighted by Crippen LogP contribution is 2.21. The fourth-order valence-corrected chi connectivity index (χ4v) is 2.52. The minimum absolute atomic E-state index is 0.00858. The fraction of sp³-hybridized carbons (Fsp3) is 0.409. The number of unbranched alkanes of at least 4 members (excludes halogenated alkanes) is 3. The van der Waals surface area contributed by atoms with Gasteiger partial charge in [-0.1, -0.05) is 38.3 Å². The molecular formula is C22H28O4. The summed E-state index contributed by atoms with van der Waals surface area (Å²) >= 11 is 0. The molecule has 0 aliphatic carbocycles. The molecule has 0 bridgehead atoms. The summed E-state index contributed by atoms with van der Waals surface area (Å²) in [5.41, 5.74) is 1.53. The van der Waals surface area contributed by atoms with Crippen molar-refractivity contribution in [3.63, 3.8) is 0 Å². The topological polar surface area (TPSA) is 44.8 Å². The fourth-order valence-electron chi connectivity index (χ4n) is 2.52. The van der Waals surface area contributed by atoms with E-state index in [2.05, 4.69) is 6.92 Å². The standard InChI is InChI=1S/C22H28O4/c1-4-5-6-7-16-25-20-12-10-19(11-13-20)22(23)26-21-14-8-18(9-15-21)17(2)24-3/h8-15,17H,4-7,16H2,1-3H3. The number of esters is 1. The van der Waals surface area contributed by atoms with E-state index in [1.165, 1.54) is 19.3 Å². The van der Waals surface area contributed by atoms with E-state index < -0.39 is 0 Å². The van der Waals surface area contributed by atoms with Crippen LogP contribution in [-0.2, 0) is 4.74 Å². The zero-order valence-corrected chi connectivity index (χ0v) is 15.9. The normalized spacial score (nSPS) is 11.8. The van der Waals surface area contributed by atoms with Gasteiger partial charge in [0, 0.05) is 7.11 Å². The Morgan fingerprint density at radius 2 is 1.58 bits per heavy atom. The highest BCUT2D eigenvalue weighted by Gasteiger charge is 2.10. The predicted molar refractivity (Wildman–Crippen MR) is 103 cm³/mol. The zero-order chi connectivity index (χ0) is 18.8. The molecule has 0 N–H and O–H groups in total. The summed E-state index contributed by atoms with van der Waals surface area (Å²) in [5.74, 6) is 0.904. The molecule has 0 aliphatic heterocycles. The van der Waals surface area contributed by atoms with Gasteiger partial charge in [-0.15, -0.1) is 0 Å². The summed E-state index contributed by atoms with van der Waals surface area (Å²) < 4.78 is 16.4. The number of methoxy groups -OCH3 is 1. The number of ether oxygens (including phenoxy) is 3. The molecule has 1 atom stereocenters. The minimum atomic E-state index is -0.382. The maximum atomic E-state index is 12.2. The lowest BCUT2D eigenvalue weighted by atomic mass is 10.1. The van der Waals surface area contributed by atoms with Crippen LogP contribution >= 0.6 is 0 Å². The van der Waals surface area contributed by atoms with E-state index in [4.69, 9.17) is 14.2 Å². The largest absolute Gasteiger partial charge is 0.494 e. The zero-order valence-electron chi connectivity index (χ0n) is 15.9. The van der Waals surface area contributed by atoms with Crippen molar-refractivity contribution in [3.8, 4) is 11.5 Å². The van der Waals surface area contributed by atoms with Gasteiger partial charge in [0.05, 0.1) is 18.3 Å². The Morgan fingerprint density at radius 1 is 0.923 bits per heavy atom. The average Bonchev–Trinajstić information content (AvgIpc) is 2.68. The van der Waals surface area contributed by atoms with Crippen molar-refractivity contribution in [2.75, 3.05) is 13.7 Å². The molecule has 26 heavy (non-hydrogen) atoms. The first kappa shape index (κ1) is 20.0. The minimum Gasteiger partial charge on any atom is -0.494 e. The van der Waals surface area contributed by atoms with E-state index in [9.17, 15) is 4.79 Å². The van der Waals surface area contributed by atoms with Gasteiger partial charge in [-0.05, 0) is 55.3 Å². The van der Waals surface area contributed by atoms with Crippen molar-refractivity contribution < 1.29 is 19.0 Å². The Labute approximate surface area is 156 Å². The second-order valence-electron chi connectivity index (χ2n) is 6.27. The van der Waals surface area contributed by atoms with Crippen molar-refractivity contribution in [1.82, 2.24) is 0 Å². The van der Waals surface area contributed by atoms with Crippen molar-refractivity contribution in [2.45, 2.75) is 45.6 Å². The quantitative estimate of drug-likeness (QED) is 0.317. The van der Waals surface area contributed by atoms with Gasteiger partial charge in [0.15, 0.2) is 0 Å². The predicted octanol–water partition coefficient (Wildman–Crippen LogP) is 5.57. The lowest BCUT2D eigenvalue weighted by Gasteiger charge is -2.11. The van der Waals surface area contributed by atoms with Gasteiger partial charge in [0.2, 0.25) is 0 Å². The Hall–Kier alpha value is -2.33. The van der Waals surface area contributed by atoms with Crippen LogP contribution in [0.5, 0.6) is 11.5 Å². The van der Waals surface area contributed by atoms with Crippen LogP contribution in [0.15, 0.2) is 48.5 Å². The Bertz CT molecular complexity index is 662. The van der Waals surface area contributed by atoms with Crippen LogP contribution in [-0.4, -0.2) is 19.7 Å². The van der Waals surface area contributed by atoms with Gasteiger partial charge in [0.1, 0.15) is 11.5 Å².